The van der Waals surface area contributed by atoms with Gasteiger partial charge in [-0.2, -0.15) is 0 Å². The van der Waals surface area contributed by atoms with E-state index in [9.17, 15) is 9.59 Å². The molecule has 0 aliphatic carbocycles. The van der Waals surface area contributed by atoms with Gasteiger partial charge in [-0.05, 0) is 30.3 Å². The monoisotopic (exact) mass is 270 g/mol. The van der Waals surface area contributed by atoms with Crippen LogP contribution in [0.2, 0.25) is 0 Å². The van der Waals surface area contributed by atoms with E-state index in [4.69, 9.17) is 4.74 Å². The number of hydrogen-bond acceptors (Lipinski definition) is 4. The van der Waals surface area contributed by atoms with Gasteiger partial charge in [-0.3, -0.25) is 9.59 Å². The van der Waals surface area contributed by atoms with Crippen LogP contribution in [0.5, 0.6) is 5.75 Å². The number of hydrogen-bond donors (Lipinski definition) is 0. The fourth-order valence-corrected chi connectivity index (χ4v) is 3.06. The van der Waals surface area contributed by atoms with Crippen LogP contribution < -0.4 is 10.2 Å². The average molecular weight is 270 g/mol. The van der Waals surface area contributed by atoms with Crippen molar-refractivity contribution in [3.8, 4) is 5.75 Å². The molecule has 0 fully saturated rings. The van der Waals surface area contributed by atoms with Crippen molar-refractivity contribution in [2.75, 3.05) is 0 Å². The van der Waals surface area contributed by atoms with Crippen molar-refractivity contribution < 1.29 is 9.53 Å². The molecule has 0 radical (unpaired) electrons. The lowest BCUT2D eigenvalue weighted by molar-refractivity contribution is -0.131. The van der Waals surface area contributed by atoms with Crippen LogP contribution in [0.4, 0.5) is 0 Å². The van der Waals surface area contributed by atoms with Gasteiger partial charge in [0.05, 0.1) is 0 Å². The molecule has 3 aromatic rings. The predicted molar refractivity (Wildman–Crippen MR) is 76.9 cm³/mol. The molecule has 0 aliphatic heterocycles. The van der Waals surface area contributed by atoms with Crippen molar-refractivity contribution in [3.63, 3.8) is 0 Å². The zero-order valence-electron chi connectivity index (χ0n) is 10.2. The molecule has 0 amide bonds. The number of esters is 1. The van der Waals surface area contributed by atoms with E-state index >= 15 is 0 Å². The maximum absolute atomic E-state index is 12.4. The first-order valence-corrected chi connectivity index (χ1v) is 6.61. The second-order valence-corrected chi connectivity index (χ2v) is 5.26. The van der Waals surface area contributed by atoms with Crippen LogP contribution >= 0.6 is 11.3 Å². The van der Waals surface area contributed by atoms with Gasteiger partial charge in [-0.15, -0.1) is 11.3 Å². The lowest BCUT2D eigenvalue weighted by Gasteiger charge is -2.04. The van der Waals surface area contributed by atoms with Crippen LogP contribution in [-0.4, -0.2) is 5.97 Å². The highest BCUT2D eigenvalue weighted by Crippen LogP contribution is 2.27. The van der Waals surface area contributed by atoms with Gasteiger partial charge in [0.25, 0.3) is 0 Å². The summed E-state index contributed by atoms with van der Waals surface area (Å²) in [7, 11) is 0. The first kappa shape index (κ1) is 11.9. The SMILES string of the molecule is CC(=O)Oc1ccc2sc3ccccc3c(=O)c2c1. The van der Waals surface area contributed by atoms with E-state index in [0.717, 1.165) is 9.40 Å². The van der Waals surface area contributed by atoms with E-state index in [-0.39, 0.29) is 5.43 Å². The molecular formula is C15H10O3S. The lowest BCUT2D eigenvalue weighted by Crippen LogP contribution is -2.04. The maximum Gasteiger partial charge on any atom is 0.308 e. The molecule has 3 rings (SSSR count). The summed E-state index contributed by atoms with van der Waals surface area (Å²) in [5.41, 5.74) is -0.0293. The Morgan fingerprint density at radius 2 is 1.79 bits per heavy atom. The molecule has 0 saturated heterocycles. The van der Waals surface area contributed by atoms with Crippen LogP contribution in [0.15, 0.2) is 47.3 Å². The van der Waals surface area contributed by atoms with Crippen molar-refractivity contribution in [2.24, 2.45) is 0 Å². The van der Waals surface area contributed by atoms with Crippen LogP contribution in [0.3, 0.4) is 0 Å². The minimum absolute atomic E-state index is 0.0293. The number of ether oxygens (including phenoxy) is 1. The first-order chi connectivity index (χ1) is 9.15. The fourth-order valence-electron chi connectivity index (χ4n) is 2.01. The Kier molecular flexibility index (Phi) is 2.80. The lowest BCUT2D eigenvalue weighted by atomic mass is 10.2. The molecule has 3 nitrogen and oxygen atoms in total. The third kappa shape index (κ3) is 2.11. The Labute approximate surface area is 113 Å². The fraction of sp³-hybridized carbons (Fsp3) is 0.0667. The molecule has 19 heavy (non-hydrogen) atoms. The summed E-state index contributed by atoms with van der Waals surface area (Å²) in [5, 5.41) is 1.28. The average Bonchev–Trinajstić information content (AvgIpc) is 2.39. The zero-order chi connectivity index (χ0) is 13.4. The summed E-state index contributed by atoms with van der Waals surface area (Å²) < 4.78 is 6.86. The topological polar surface area (TPSA) is 43.4 Å². The molecule has 94 valence electrons. The van der Waals surface area contributed by atoms with Gasteiger partial charge in [-0.25, -0.2) is 0 Å². The number of carbonyl (C=O) groups is 1. The van der Waals surface area contributed by atoms with E-state index < -0.39 is 5.97 Å². The summed E-state index contributed by atoms with van der Waals surface area (Å²) in [6, 6.07) is 12.6. The molecule has 0 aliphatic rings. The van der Waals surface area contributed by atoms with E-state index in [0.29, 0.717) is 16.5 Å². The van der Waals surface area contributed by atoms with Crippen LogP contribution in [-0.2, 0) is 4.79 Å². The Morgan fingerprint density at radius 3 is 2.58 bits per heavy atom. The molecule has 0 spiro atoms. The molecule has 0 bridgehead atoms. The summed E-state index contributed by atoms with van der Waals surface area (Å²) in [5.74, 6) is 0.0100. The second-order valence-electron chi connectivity index (χ2n) is 4.18. The van der Waals surface area contributed by atoms with E-state index in [2.05, 4.69) is 0 Å². The van der Waals surface area contributed by atoms with Gasteiger partial charge in [-0.1, -0.05) is 12.1 Å². The molecule has 1 heterocycles. The van der Waals surface area contributed by atoms with Crippen molar-refractivity contribution >= 4 is 37.5 Å². The van der Waals surface area contributed by atoms with Crippen LogP contribution in [0.1, 0.15) is 6.92 Å². The van der Waals surface area contributed by atoms with E-state index in [1.54, 1.807) is 23.5 Å². The molecule has 4 heteroatoms. The van der Waals surface area contributed by atoms with Crippen LogP contribution in [0, 0.1) is 0 Å². The Bertz CT molecular complexity index is 849. The highest BCUT2D eigenvalue weighted by atomic mass is 32.1. The molecule has 0 unspecified atom stereocenters. The normalized spacial score (nSPS) is 10.8. The third-order valence-corrected chi connectivity index (χ3v) is 3.96. The van der Waals surface area contributed by atoms with Gasteiger partial charge in [0.1, 0.15) is 5.75 Å². The summed E-state index contributed by atoms with van der Waals surface area (Å²) in [4.78, 5) is 23.3. The third-order valence-electron chi connectivity index (χ3n) is 2.81. The van der Waals surface area contributed by atoms with Gasteiger partial charge >= 0.3 is 5.97 Å². The second kappa shape index (κ2) is 4.48. The summed E-state index contributed by atoms with van der Waals surface area (Å²) in [6.07, 6.45) is 0. The van der Waals surface area contributed by atoms with Gasteiger partial charge < -0.3 is 4.74 Å². The molecule has 0 atom stereocenters. The number of benzene rings is 2. The zero-order valence-corrected chi connectivity index (χ0v) is 11.0. The largest absolute Gasteiger partial charge is 0.427 e. The smallest absolute Gasteiger partial charge is 0.308 e. The summed E-state index contributed by atoms with van der Waals surface area (Å²) in [6.45, 7) is 1.34. The number of rotatable bonds is 1. The number of carbonyl (C=O) groups excluding carboxylic acids is 1. The molecule has 2 aromatic carbocycles. The predicted octanol–water partition coefficient (Wildman–Crippen LogP) is 3.34. The maximum atomic E-state index is 12.4. The molecule has 1 aromatic heterocycles. The minimum Gasteiger partial charge on any atom is -0.427 e. The quantitative estimate of drug-likeness (QED) is 0.387. The first-order valence-electron chi connectivity index (χ1n) is 5.79. The standard InChI is InChI=1S/C15H10O3S/c1-9(16)18-10-6-7-14-12(8-10)15(17)11-4-2-3-5-13(11)19-14/h2-8H,1H3. The highest BCUT2D eigenvalue weighted by Gasteiger charge is 2.07. The van der Waals surface area contributed by atoms with Crippen molar-refractivity contribution in [1.29, 1.82) is 0 Å². The van der Waals surface area contributed by atoms with E-state index in [1.807, 2.05) is 30.3 Å². The molecule has 0 N–H and O–H groups in total. The van der Waals surface area contributed by atoms with Crippen LogP contribution in [0.25, 0.3) is 20.2 Å². The van der Waals surface area contributed by atoms with Gasteiger partial charge in [0.15, 0.2) is 5.43 Å². The summed E-state index contributed by atoms with van der Waals surface area (Å²) >= 11 is 1.55. The highest BCUT2D eigenvalue weighted by molar-refractivity contribution is 7.24. The molecule has 0 saturated carbocycles. The Hall–Kier alpha value is -2.20. The van der Waals surface area contributed by atoms with E-state index in [1.165, 1.54) is 6.92 Å². The van der Waals surface area contributed by atoms with Crippen molar-refractivity contribution in [3.05, 3.63) is 52.7 Å². The van der Waals surface area contributed by atoms with Gasteiger partial charge in [0, 0.05) is 27.1 Å². The minimum atomic E-state index is -0.392. The molecular weight excluding hydrogens is 260 g/mol. The van der Waals surface area contributed by atoms with Crippen molar-refractivity contribution in [1.82, 2.24) is 0 Å². The Morgan fingerprint density at radius 1 is 1.05 bits per heavy atom. The Balaban J connectivity index is 2.33. The van der Waals surface area contributed by atoms with Crippen molar-refractivity contribution in [2.45, 2.75) is 6.92 Å². The van der Waals surface area contributed by atoms with Gasteiger partial charge in [0.2, 0.25) is 0 Å². The number of fused-ring (bicyclic) bond motifs is 2.